The SMILES string of the molecule is C=CCC1CC(=O)C=C2CCCC21. The van der Waals surface area contributed by atoms with E-state index in [2.05, 4.69) is 6.58 Å². The Morgan fingerprint density at radius 1 is 1.62 bits per heavy atom. The van der Waals surface area contributed by atoms with Crippen LogP contribution in [0.1, 0.15) is 32.1 Å². The Kier molecular flexibility index (Phi) is 2.34. The van der Waals surface area contributed by atoms with Crippen molar-refractivity contribution in [3.05, 3.63) is 24.3 Å². The molecule has 0 aromatic rings. The third-order valence-corrected chi connectivity index (χ3v) is 3.31. The van der Waals surface area contributed by atoms with Crippen LogP contribution in [0.2, 0.25) is 0 Å². The zero-order valence-corrected chi connectivity index (χ0v) is 7.96. The number of ketones is 1. The Labute approximate surface area is 79.5 Å². The molecule has 0 spiro atoms. The standard InChI is InChI=1S/C12H16O/c1-2-4-9-7-11(13)8-10-5-3-6-12(9)10/h2,8-9,12H,1,3-7H2. The van der Waals surface area contributed by atoms with Crippen molar-refractivity contribution in [2.24, 2.45) is 11.8 Å². The molecular formula is C12H16O. The predicted molar refractivity (Wildman–Crippen MR) is 53.4 cm³/mol. The third-order valence-electron chi connectivity index (χ3n) is 3.31. The van der Waals surface area contributed by atoms with E-state index < -0.39 is 0 Å². The number of hydrogen-bond donors (Lipinski definition) is 0. The van der Waals surface area contributed by atoms with Crippen molar-refractivity contribution < 1.29 is 4.79 Å². The van der Waals surface area contributed by atoms with Crippen molar-refractivity contribution in [2.75, 3.05) is 0 Å². The molecule has 13 heavy (non-hydrogen) atoms. The molecule has 1 heteroatoms. The molecule has 1 nitrogen and oxygen atoms in total. The molecule has 0 radical (unpaired) electrons. The summed E-state index contributed by atoms with van der Waals surface area (Å²) in [4.78, 5) is 11.4. The fourth-order valence-corrected chi connectivity index (χ4v) is 2.74. The molecule has 2 rings (SSSR count). The summed E-state index contributed by atoms with van der Waals surface area (Å²) < 4.78 is 0. The molecule has 0 heterocycles. The minimum atomic E-state index is 0.333. The molecule has 1 fully saturated rings. The lowest BCUT2D eigenvalue weighted by Crippen LogP contribution is -2.21. The number of carbonyl (C=O) groups is 1. The summed E-state index contributed by atoms with van der Waals surface area (Å²) in [7, 11) is 0. The van der Waals surface area contributed by atoms with E-state index in [1.807, 2.05) is 12.2 Å². The van der Waals surface area contributed by atoms with Crippen LogP contribution in [-0.4, -0.2) is 5.78 Å². The maximum absolute atomic E-state index is 11.4. The monoisotopic (exact) mass is 176 g/mol. The number of carbonyl (C=O) groups excluding carboxylic acids is 1. The summed E-state index contributed by atoms with van der Waals surface area (Å²) in [5, 5.41) is 0. The fourth-order valence-electron chi connectivity index (χ4n) is 2.74. The molecule has 2 aliphatic carbocycles. The van der Waals surface area contributed by atoms with Crippen LogP contribution in [0.4, 0.5) is 0 Å². The second-order valence-electron chi connectivity index (χ2n) is 4.17. The van der Waals surface area contributed by atoms with Gasteiger partial charge in [-0.1, -0.05) is 11.6 Å². The van der Waals surface area contributed by atoms with Crippen LogP contribution in [0.5, 0.6) is 0 Å². The Bertz CT molecular complexity index is 262. The fraction of sp³-hybridized carbons (Fsp3) is 0.583. The van der Waals surface area contributed by atoms with Crippen LogP contribution in [0.15, 0.2) is 24.3 Å². The lowest BCUT2D eigenvalue weighted by atomic mass is 9.78. The maximum atomic E-state index is 11.4. The molecule has 0 bridgehead atoms. The summed E-state index contributed by atoms with van der Waals surface area (Å²) in [5.74, 6) is 1.60. The van der Waals surface area contributed by atoms with E-state index >= 15 is 0 Å². The summed E-state index contributed by atoms with van der Waals surface area (Å²) in [6.07, 6.45) is 9.34. The summed E-state index contributed by atoms with van der Waals surface area (Å²) in [6, 6.07) is 0. The predicted octanol–water partition coefficient (Wildman–Crippen LogP) is 2.88. The lowest BCUT2D eigenvalue weighted by molar-refractivity contribution is -0.116. The van der Waals surface area contributed by atoms with E-state index in [0.717, 1.165) is 19.3 Å². The molecule has 0 saturated heterocycles. The molecular weight excluding hydrogens is 160 g/mol. The van der Waals surface area contributed by atoms with Crippen LogP contribution >= 0.6 is 0 Å². The highest BCUT2D eigenvalue weighted by Gasteiger charge is 2.33. The first-order valence-electron chi connectivity index (χ1n) is 5.15. The van der Waals surface area contributed by atoms with Crippen LogP contribution in [0.3, 0.4) is 0 Å². The number of fused-ring (bicyclic) bond motifs is 1. The van der Waals surface area contributed by atoms with Gasteiger partial charge in [0.15, 0.2) is 5.78 Å². The van der Waals surface area contributed by atoms with Crippen LogP contribution in [0, 0.1) is 11.8 Å². The van der Waals surface area contributed by atoms with Gasteiger partial charge in [0.2, 0.25) is 0 Å². The molecule has 70 valence electrons. The van der Waals surface area contributed by atoms with Gasteiger partial charge in [0.25, 0.3) is 0 Å². The summed E-state index contributed by atoms with van der Waals surface area (Å²) in [6.45, 7) is 3.76. The van der Waals surface area contributed by atoms with E-state index in [-0.39, 0.29) is 0 Å². The van der Waals surface area contributed by atoms with Gasteiger partial charge < -0.3 is 0 Å². The van der Waals surface area contributed by atoms with Gasteiger partial charge in [0.1, 0.15) is 0 Å². The summed E-state index contributed by atoms with van der Waals surface area (Å²) >= 11 is 0. The van der Waals surface area contributed by atoms with E-state index in [4.69, 9.17) is 0 Å². The Hall–Kier alpha value is -0.850. The molecule has 2 atom stereocenters. The molecule has 0 amide bonds. The van der Waals surface area contributed by atoms with Crippen molar-refractivity contribution >= 4 is 5.78 Å². The Balaban J connectivity index is 2.18. The van der Waals surface area contributed by atoms with Gasteiger partial charge in [-0.15, -0.1) is 6.58 Å². The zero-order valence-electron chi connectivity index (χ0n) is 7.96. The van der Waals surface area contributed by atoms with Gasteiger partial charge in [-0.3, -0.25) is 4.79 Å². The quantitative estimate of drug-likeness (QED) is 0.591. The first kappa shape index (κ1) is 8.74. The maximum Gasteiger partial charge on any atom is 0.155 e. The zero-order chi connectivity index (χ0) is 9.26. The van der Waals surface area contributed by atoms with Gasteiger partial charge in [-0.25, -0.2) is 0 Å². The molecule has 0 N–H and O–H groups in total. The molecule has 0 aromatic heterocycles. The van der Waals surface area contributed by atoms with E-state index in [1.165, 1.54) is 18.4 Å². The van der Waals surface area contributed by atoms with Gasteiger partial charge >= 0.3 is 0 Å². The highest BCUT2D eigenvalue weighted by molar-refractivity contribution is 5.91. The van der Waals surface area contributed by atoms with Gasteiger partial charge in [-0.2, -0.15) is 0 Å². The first-order chi connectivity index (χ1) is 6.31. The second-order valence-corrected chi connectivity index (χ2v) is 4.17. The smallest absolute Gasteiger partial charge is 0.155 e. The second kappa shape index (κ2) is 3.49. The summed E-state index contributed by atoms with van der Waals surface area (Å²) in [5.41, 5.74) is 1.42. The van der Waals surface area contributed by atoms with Crippen molar-refractivity contribution in [1.29, 1.82) is 0 Å². The number of hydrogen-bond acceptors (Lipinski definition) is 1. The van der Waals surface area contributed by atoms with Crippen LogP contribution in [-0.2, 0) is 4.79 Å². The third kappa shape index (κ3) is 1.60. The Morgan fingerprint density at radius 3 is 3.23 bits per heavy atom. The minimum Gasteiger partial charge on any atom is -0.295 e. The molecule has 0 aromatic carbocycles. The van der Waals surface area contributed by atoms with Gasteiger partial charge in [0, 0.05) is 6.42 Å². The molecule has 2 unspecified atom stereocenters. The van der Waals surface area contributed by atoms with E-state index in [1.54, 1.807) is 0 Å². The number of allylic oxidation sites excluding steroid dienone is 3. The molecule has 1 saturated carbocycles. The topological polar surface area (TPSA) is 17.1 Å². The van der Waals surface area contributed by atoms with Crippen molar-refractivity contribution in [1.82, 2.24) is 0 Å². The van der Waals surface area contributed by atoms with Crippen molar-refractivity contribution in [3.63, 3.8) is 0 Å². The van der Waals surface area contributed by atoms with Crippen molar-refractivity contribution in [2.45, 2.75) is 32.1 Å². The normalized spacial score (nSPS) is 32.6. The molecule has 0 aliphatic heterocycles. The largest absolute Gasteiger partial charge is 0.295 e. The molecule has 2 aliphatic rings. The van der Waals surface area contributed by atoms with E-state index in [9.17, 15) is 4.79 Å². The highest BCUT2D eigenvalue weighted by Crippen LogP contribution is 2.42. The Morgan fingerprint density at radius 2 is 2.46 bits per heavy atom. The lowest BCUT2D eigenvalue weighted by Gasteiger charge is -2.26. The van der Waals surface area contributed by atoms with Crippen LogP contribution in [0.25, 0.3) is 0 Å². The average Bonchev–Trinajstić information content (AvgIpc) is 2.52. The number of rotatable bonds is 2. The van der Waals surface area contributed by atoms with Gasteiger partial charge in [0.05, 0.1) is 0 Å². The van der Waals surface area contributed by atoms with E-state index in [0.29, 0.717) is 17.6 Å². The minimum absolute atomic E-state index is 0.333. The van der Waals surface area contributed by atoms with Crippen LogP contribution < -0.4 is 0 Å². The van der Waals surface area contributed by atoms with Gasteiger partial charge in [-0.05, 0) is 43.6 Å². The van der Waals surface area contributed by atoms with Crippen molar-refractivity contribution in [3.8, 4) is 0 Å². The first-order valence-corrected chi connectivity index (χ1v) is 5.15. The average molecular weight is 176 g/mol. The highest BCUT2D eigenvalue weighted by atomic mass is 16.1.